The van der Waals surface area contributed by atoms with Gasteiger partial charge in [-0.1, -0.05) is 61.7 Å². The van der Waals surface area contributed by atoms with Gasteiger partial charge in [-0.15, -0.1) is 0 Å². The maximum Gasteiger partial charge on any atom is 0.167 e. The largest absolute Gasteiger partial charge is 0.382 e. The summed E-state index contributed by atoms with van der Waals surface area (Å²) in [5, 5.41) is 6.70. The van der Waals surface area contributed by atoms with Gasteiger partial charge in [0.1, 0.15) is 12.1 Å². The van der Waals surface area contributed by atoms with Crippen LogP contribution in [0.25, 0.3) is 11.2 Å². The number of nitrogens with one attached hydrogen (secondary N) is 2. The molecule has 3 unspecified atom stereocenters. The second-order valence-corrected chi connectivity index (χ2v) is 8.54. The lowest BCUT2D eigenvalue weighted by Crippen LogP contribution is -2.18. The number of hydrogen-bond acceptors (Lipinski definition) is 7. The molecule has 8 nitrogen and oxygen atoms in total. The van der Waals surface area contributed by atoms with E-state index in [1.807, 2.05) is 42.0 Å². The summed E-state index contributed by atoms with van der Waals surface area (Å²) in [6.07, 6.45) is 9.26. The van der Waals surface area contributed by atoms with Crippen LogP contribution in [-0.4, -0.2) is 52.9 Å². The van der Waals surface area contributed by atoms with E-state index >= 15 is 0 Å². The summed E-state index contributed by atoms with van der Waals surface area (Å²) in [5.74, 6) is 1.46. The Morgan fingerprint density at radius 3 is 2.80 bits per heavy atom. The zero-order valence-corrected chi connectivity index (χ0v) is 20.5. The molecule has 2 aromatic heterocycles. The van der Waals surface area contributed by atoms with Gasteiger partial charge in [-0.3, -0.25) is 4.57 Å². The van der Waals surface area contributed by atoms with Gasteiger partial charge < -0.3 is 20.1 Å². The number of methoxy groups -OCH3 is 1. The summed E-state index contributed by atoms with van der Waals surface area (Å²) in [6, 6.07) is 10.4. The van der Waals surface area contributed by atoms with E-state index in [-0.39, 0.29) is 18.2 Å². The molecule has 8 heteroatoms. The van der Waals surface area contributed by atoms with Crippen LogP contribution in [-0.2, 0) is 16.0 Å². The van der Waals surface area contributed by atoms with Crippen LogP contribution in [0.5, 0.6) is 0 Å². The highest BCUT2D eigenvalue weighted by Gasteiger charge is 2.29. The van der Waals surface area contributed by atoms with Gasteiger partial charge in [0.25, 0.3) is 0 Å². The van der Waals surface area contributed by atoms with Crippen molar-refractivity contribution in [2.24, 2.45) is 0 Å². The van der Waals surface area contributed by atoms with Gasteiger partial charge in [0, 0.05) is 19.6 Å². The summed E-state index contributed by atoms with van der Waals surface area (Å²) < 4.78 is 13.5. The van der Waals surface area contributed by atoms with E-state index in [4.69, 9.17) is 19.4 Å². The van der Waals surface area contributed by atoms with Gasteiger partial charge in [-0.25, -0.2) is 15.0 Å². The zero-order chi connectivity index (χ0) is 24.6. The predicted molar refractivity (Wildman–Crippen MR) is 139 cm³/mol. The molecule has 0 radical (unpaired) electrons. The van der Waals surface area contributed by atoms with E-state index in [1.54, 1.807) is 19.5 Å². The lowest BCUT2D eigenvalue weighted by molar-refractivity contribution is -0.0300. The molecule has 1 fully saturated rings. The van der Waals surface area contributed by atoms with Crippen LogP contribution in [0.2, 0.25) is 0 Å². The van der Waals surface area contributed by atoms with Crippen molar-refractivity contribution in [3.05, 3.63) is 85.0 Å². The molecule has 35 heavy (non-hydrogen) atoms. The molecular weight excluding hydrogens is 440 g/mol. The van der Waals surface area contributed by atoms with Crippen LogP contribution < -0.4 is 10.6 Å². The third-order valence-corrected chi connectivity index (χ3v) is 6.17. The molecule has 1 aliphatic rings. The minimum absolute atomic E-state index is 0.0690. The van der Waals surface area contributed by atoms with Gasteiger partial charge in [0.05, 0.1) is 25.6 Å². The molecule has 184 valence electrons. The molecule has 0 spiro atoms. The third kappa shape index (κ3) is 5.67. The van der Waals surface area contributed by atoms with Crippen molar-refractivity contribution in [3.63, 3.8) is 0 Å². The zero-order valence-electron chi connectivity index (χ0n) is 20.5. The number of benzene rings is 1. The van der Waals surface area contributed by atoms with E-state index in [0.717, 1.165) is 29.6 Å². The Morgan fingerprint density at radius 2 is 2.09 bits per heavy atom. The van der Waals surface area contributed by atoms with Crippen molar-refractivity contribution in [2.45, 2.75) is 37.6 Å². The molecule has 2 N–H and O–H groups in total. The molecule has 0 amide bonds. The number of aromatic nitrogens is 4. The number of hydrogen-bond donors (Lipinski definition) is 2. The van der Waals surface area contributed by atoms with Crippen molar-refractivity contribution >= 4 is 17.0 Å². The fourth-order valence-corrected chi connectivity index (χ4v) is 4.51. The van der Waals surface area contributed by atoms with Crippen LogP contribution in [0.1, 0.15) is 36.4 Å². The molecule has 0 aliphatic carbocycles. The number of rotatable bonds is 12. The van der Waals surface area contributed by atoms with Crippen LogP contribution in [0, 0.1) is 0 Å². The normalized spacial score (nSPS) is 19.1. The summed E-state index contributed by atoms with van der Waals surface area (Å²) in [4.78, 5) is 14.3. The monoisotopic (exact) mass is 474 g/mol. The molecule has 3 atom stereocenters. The van der Waals surface area contributed by atoms with E-state index in [1.165, 1.54) is 5.56 Å². The van der Waals surface area contributed by atoms with Crippen LogP contribution >= 0.6 is 0 Å². The topological polar surface area (TPSA) is 86.1 Å². The van der Waals surface area contributed by atoms with E-state index in [9.17, 15) is 0 Å². The molecule has 3 aromatic rings. The minimum Gasteiger partial charge on any atom is -0.382 e. The molecular formula is C27H34N6O2. The highest BCUT2D eigenvalue weighted by Crippen LogP contribution is 2.32. The molecule has 1 aliphatic heterocycles. The number of ether oxygens (including phenoxy) is 2. The predicted octanol–water partition coefficient (Wildman–Crippen LogP) is 4.36. The van der Waals surface area contributed by atoms with Gasteiger partial charge in [-0.05, 0) is 31.0 Å². The first kappa shape index (κ1) is 24.8. The SMILES string of the molecule is C=C/C=C(\C=C)C(CNc1nc(CNC)nc2c1ncn2C1CCC(COC)O1)c1ccccc1. The van der Waals surface area contributed by atoms with Crippen molar-refractivity contribution in [1.29, 1.82) is 0 Å². The first-order chi connectivity index (χ1) is 17.2. The third-order valence-electron chi connectivity index (χ3n) is 6.17. The minimum atomic E-state index is -0.120. The maximum absolute atomic E-state index is 6.20. The van der Waals surface area contributed by atoms with Gasteiger partial charge >= 0.3 is 0 Å². The second kappa shape index (κ2) is 11.9. The first-order valence-electron chi connectivity index (χ1n) is 11.9. The Morgan fingerprint density at radius 1 is 1.26 bits per heavy atom. The number of imidazole rings is 1. The number of fused-ring (bicyclic) bond motifs is 1. The average molecular weight is 475 g/mol. The Labute approximate surface area is 206 Å². The summed E-state index contributed by atoms with van der Waals surface area (Å²) in [7, 11) is 3.58. The van der Waals surface area contributed by atoms with Crippen LogP contribution in [0.3, 0.4) is 0 Å². The number of anilines is 1. The average Bonchev–Trinajstić information content (AvgIpc) is 3.51. The Balaban J connectivity index is 1.66. The summed E-state index contributed by atoms with van der Waals surface area (Å²) in [6.45, 7) is 9.63. The number of nitrogens with zero attached hydrogens (tertiary/aromatic N) is 4. The fourth-order valence-electron chi connectivity index (χ4n) is 4.51. The quantitative estimate of drug-likeness (QED) is 0.377. The van der Waals surface area contributed by atoms with Gasteiger partial charge in [0.2, 0.25) is 0 Å². The van der Waals surface area contributed by atoms with Crippen molar-refractivity contribution in [1.82, 2.24) is 24.8 Å². The molecule has 4 rings (SSSR count). The van der Waals surface area contributed by atoms with E-state index < -0.39 is 0 Å². The first-order valence-corrected chi connectivity index (χ1v) is 11.9. The van der Waals surface area contributed by atoms with E-state index in [0.29, 0.717) is 31.3 Å². The highest BCUT2D eigenvalue weighted by atomic mass is 16.5. The molecule has 3 heterocycles. The van der Waals surface area contributed by atoms with Crippen LogP contribution in [0.4, 0.5) is 5.82 Å². The Kier molecular flexibility index (Phi) is 8.41. The molecule has 1 saturated heterocycles. The van der Waals surface area contributed by atoms with E-state index in [2.05, 4.69) is 40.9 Å². The smallest absolute Gasteiger partial charge is 0.167 e. The van der Waals surface area contributed by atoms with Gasteiger partial charge in [-0.2, -0.15) is 0 Å². The summed E-state index contributed by atoms with van der Waals surface area (Å²) in [5.41, 5.74) is 3.75. The summed E-state index contributed by atoms with van der Waals surface area (Å²) >= 11 is 0. The molecule has 1 aromatic carbocycles. The maximum atomic E-state index is 6.20. The van der Waals surface area contributed by atoms with Crippen molar-refractivity contribution in [3.8, 4) is 0 Å². The Bertz CT molecular complexity index is 1170. The molecule has 0 bridgehead atoms. The van der Waals surface area contributed by atoms with Crippen molar-refractivity contribution in [2.75, 3.05) is 32.6 Å². The number of allylic oxidation sites excluding steroid dienone is 3. The lowest BCUT2D eigenvalue weighted by atomic mass is 9.90. The van der Waals surface area contributed by atoms with Crippen LogP contribution in [0.15, 0.2) is 73.6 Å². The van der Waals surface area contributed by atoms with Gasteiger partial charge in [0.15, 0.2) is 17.0 Å². The van der Waals surface area contributed by atoms with Crippen molar-refractivity contribution < 1.29 is 9.47 Å². The highest BCUT2D eigenvalue weighted by molar-refractivity contribution is 5.83. The second-order valence-electron chi connectivity index (χ2n) is 8.54. The fraction of sp³-hybridized carbons (Fsp3) is 0.370. The standard InChI is InChI=1S/C27H34N6O2/c1-5-10-19(6-2)22(20-11-8-7-9-12-20)15-29-26-25-27(32-23(31-26)16-28-3)33(18-30-25)24-14-13-21(35-24)17-34-4/h5-12,18,21-22,24,28H,1-2,13-17H2,3-4H3,(H,29,31,32)/b19-10+. The Hall–Kier alpha value is -3.33. The lowest BCUT2D eigenvalue weighted by Gasteiger charge is -2.20. The molecule has 0 saturated carbocycles.